The van der Waals surface area contributed by atoms with E-state index in [2.05, 4.69) is 5.18 Å². The van der Waals surface area contributed by atoms with Gasteiger partial charge in [-0.15, -0.1) is 0 Å². The van der Waals surface area contributed by atoms with Gasteiger partial charge in [-0.2, -0.15) is 4.91 Å². The molecule has 0 fully saturated rings. The van der Waals surface area contributed by atoms with Crippen molar-refractivity contribution in [3.05, 3.63) is 45.8 Å². The molecule has 0 atom stereocenters. The highest BCUT2D eigenvalue weighted by Crippen LogP contribution is 2.10. The summed E-state index contributed by atoms with van der Waals surface area (Å²) >= 11 is 5.68. The molecule has 3 heteroatoms. The van der Waals surface area contributed by atoms with Gasteiger partial charge in [0.15, 0.2) is 0 Å². The van der Waals surface area contributed by atoms with Crippen LogP contribution in [0.4, 0.5) is 0 Å². The molecule has 0 spiro atoms. The molecule has 0 saturated carbocycles. The van der Waals surface area contributed by atoms with Crippen LogP contribution < -0.4 is 0 Å². The molecule has 1 aromatic carbocycles. The van der Waals surface area contributed by atoms with Gasteiger partial charge in [0.1, 0.15) is 0 Å². The molecule has 0 aromatic heterocycles. The van der Waals surface area contributed by atoms with Gasteiger partial charge in [-0.1, -0.05) is 41.1 Å². The first kappa shape index (κ1) is 8.94. The second-order valence-electron chi connectivity index (χ2n) is 2.27. The van der Waals surface area contributed by atoms with E-state index in [1.54, 1.807) is 18.2 Å². The fourth-order valence-electron chi connectivity index (χ4n) is 0.806. The van der Waals surface area contributed by atoms with Crippen LogP contribution in [0.3, 0.4) is 0 Å². The van der Waals surface area contributed by atoms with Crippen molar-refractivity contribution in [3.8, 4) is 0 Å². The van der Waals surface area contributed by atoms with Gasteiger partial charge in [-0.25, -0.2) is 0 Å². The fourth-order valence-corrected chi connectivity index (χ4v) is 0.932. The molecule has 0 saturated heterocycles. The largest absolute Gasteiger partial charge is 0.150 e. The Morgan fingerprint density at radius 1 is 1.33 bits per heavy atom. The highest BCUT2D eigenvalue weighted by molar-refractivity contribution is 6.30. The normalized spacial score (nSPS) is 10.4. The van der Waals surface area contributed by atoms with Crippen molar-refractivity contribution >= 4 is 17.7 Å². The van der Waals surface area contributed by atoms with E-state index < -0.39 is 0 Å². The summed E-state index contributed by atoms with van der Waals surface area (Å²) in [6.07, 6.45) is 3.54. The molecular formula is C9H8ClNO. The van der Waals surface area contributed by atoms with Crippen LogP contribution in [0.2, 0.25) is 5.02 Å². The molecule has 0 N–H and O–H groups in total. The molecule has 0 radical (unpaired) electrons. The second-order valence-corrected chi connectivity index (χ2v) is 2.70. The molecule has 0 aliphatic rings. The molecule has 0 aliphatic heterocycles. The van der Waals surface area contributed by atoms with Crippen molar-refractivity contribution in [1.29, 1.82) is 0 Å². The number of benzene rings is 1. The summed E-state index contributed by atoms with van der Waals surface area (Å²) in [6, 6.07) is 7.36. The number of rotatable bonds is 3. The van der Waals surface area contributed by atoms with Crippen molar-refractivity contribution in [2.75, 3.05) is 6.54 Å². The second kappa shape index (κ2) is 4.67. The van der Waals surface area contributed by atoms with Gasteiger partial charge >= 0.3 is 0 Å². The zero-order valence-electron chi connectivity index (χ0n) is 6.40. The highest BCUT2D eigenvalue weighted by Gasteiger charge is 1.86. The summed E-state index contributed by atoms with van der Waals surface area (Å²) in [6.45, 7) is 0.211. The number of nitrogens with zero attached hydrogens (tertiary/aromatic N) is 1. The molecule has 0 heterocycles. The van der Waals surface area contributed by atoms with Crippen molar-refractivity contribution in [3.63, 3.8) is 0 Å². The molecule has 0 aliphatic carbocycles. The smallest absolute Gasteiger partial charge is 0.0995 e. The Morgan fingerprint density at radius 2 is 2.00 bits per heavy atom. The van der Waals surface area contributed by atoms with Crippen molar-refractivity contribution in [2.45, 2.75) is 0 Å². The highest BCUT2D eigenvalue weighted by atomic mass is 35.5. The average molecular weight is 182 g/mol. The van der Waals surface area contributed by atoms with Crippen molar-refractivity contribution in [1.82, 2.24) is 0 Å². The maximum absolute atomic E-state index is 9.73. The Morgan fingerprint density at radius 3 is 2.58 bits per heavy atom. The first-order chi connectivity index (χ1) is 5.83. The zero-order chi connectivity index (χ0) is 8.81. The fraction of sp³-hybridized carbons (Fsp3) is 0.111. The lowest BCUT2D eigenvalue weighted by Crippen LogP contribution is -1.72. The minimum absolute atomic E-state index is 0.211. The first-order valence-corrected chi connectivity index (χ1v) is 3.92. The van der Waals surface area contributed by atoms with Crippen LogP contribution in [-0.2, 0) is 0 Å². The SMILES string of the molecule is O=NC/C=C/c1ccc(Cl)cc1. The number of halogens is 1. The molecule has 12 heavy (non-hydrogen) atoms. The Hall–Kier alpha value is -1.15. The van der Waals surface area contributed by atoms with Crippen LogP contribution >= 0.6 is 11.6 Å². The summed E-state index contributed by atoms with van der Waals surface area (Å²) in [5.74, 6) is 0. The van der Waals surface area contributed by atoms with Gasteiger partial charge in [-0.3, -0.25) is 0 Å². The number of nitroso groups, excluding NO2 is 1. The van der Waals surface area contributed by atoms with E-state index >= 15 is 0 Å². The van der Waals surface area contributed by atoms with Gasteiger partial charge < -0.3 is 0 Å². The number of hydrogen-bond donors (Lipinski definition) is 0. The molecule has 0 amide bonds. The third kappa shape index (κ3) is 2.84. The molecular weight excluding hydrogens is 174 g/mol. The maximum atomic E-state index is 9.73. The van der Waals surface area contributed by atoms with Crippen LogP contribution in [0, 0.1) is 4.91 Å². The minimum Gasteiger partial charge on any atom is -0.150 e. The van der Waals surface area contributed by atoms with Gasteiger partial charge in [0.05, 0.1) is 6.54 Å². The van der Waals surface area contributed by atoms with E-state index in [0.717, 1.165) is 5.56 Å². The first-order valence-electron chi connectivity index (χ1n) is 3.54. The third-order valence-corrected chi connectivity index (χ3v) is 1.61. The van der Waals surface area contributed by atoms with Crippen LogP contribution in [0.15, 0.2) is 35.5 Å². The van der Waals surface area contributed by atoms with Gasteiger partial charge in [0.2, 0.25) is 0 Å². The standard InChI is InChI=1S/C9H8ClNO/c10-9-5-3-8(4-6-9)2-1-7-11-12/h1-6H,7H2/b2-1+. The van der Waals surface area contributed by atoms with Crippen LogP contribution in [-0.4, -0.2) is 6.54 Å². The minimum atomic E-state index is 0.211. The van der Waals surface area contributed by atoms with Crippen LogP contribution in [0.1, 0.15) is 5.56 Å². The quantitative estimate of drug-likeness (QED) is 0.659. The van der Waals surface area contributed by atoms with Crippen LogP contribution in [0.5, 0.6) is 0 Å². The molecule has 0 bridgehead atoms. The predicted molar refractivity (Wildman–Crippen MR) is 51.1 cm³/mol. The van der Waals surface area contributed by atoms with E-state index in [4.69, 9.17) is 11.6 Å². The van der Waals surface area contributed by atoms with E-state index in [-0.39, 0.29) is 6.54 Å². The third-order valence-electron chi connectivity index (χ3n) is 1.36. The summed E-state index contributed by atoms with van der Waals surface area (Å²) in [5, 5.41) is 3.41. The molecule has 1 rings (SSSR count). The lowest BCUT2D eigenvalue weighted by atomic mass is 10.2. The lowest BCUT2D eigenvalue weighted by Gasteiger charge is -1.91. The van der Waals surface area contributed by atoms with E-state index in [0.29, 0.717) is 5.02 Å². The topological polar surface area (TPSA) is 29.4 Å². The summed E-state index contributed by atoms with van der Waals surface area (Å²) < 4.78 is 0. The molecule has 0 unspecified atom stereocenters. The Kier molecular flexibility index (Phi) is 3.48. The molecule has 2 nitrogen and oxygen atoms in total. The molecule has 62 valence electrons. The van der Waals surface area contributed by atoms with E-state index in [9.17, 15) is 4.91 Å². The average Bonchev–Trinajstić information content (AvgIpc) is 2.09. The zero-order valence-corrected chi connectivity index (χ0v) is 7.16. The summed E-state index contributed by atoms with van der Waals surface area (Å²) in [4.78, 5) is 9.73. The van der Waals surface area contributed by atoms with Gasteiger partial charge in [-0.05, 0) is 17.7 Å². The Bertz CT molecular complexity index is 279. The Labute approximate surface area is 75.8 Å². The molecule has 1 aromatic rings. The predicted octanol–water partition coefficient (Wildman–Crippen LogP) is 3.12. The van der Waals surface area contributed by atoms with Gasteiger partial charge in [0, 0.05) is 5.02 Å². The maximum Gasteiger partial charge on any atom is 0.0995 e. The summed E-state index contributed by atoms with van der Waals surface area (Å²) in [5.41, 5.74) is 1.02. The van der Waals surface area contributed by atoms with E-state index in [1.165, 1.54) is 0 Å². The number of hydrogen-bond acceptors (Lipinski definition) is 2. The van der Waals surface area contributed by atoms with Crippen molar-refractivity contribution < 1.29 is 0 Å². The Balaban J connectivity index is 2.64. The lowest BCUT2D eigenvalue weighted by molar-refractivity contribution is 1.23. The summed E-state index contributed by atoms with van der Waals surface area (Å²) in [7, 11) is 0. The van der Waals surface area contributed by atoms with Crippen molar-refractivity contribution in [2.24, 2.45) is 5.18 Å². The van der Waals surface area contributed by atoms with Crippen LogP contribution in [0.25, 0.3) is 6.08 Å². The van der Waals surface area contributed by atoms with Gasteiger partial charge in [0.25, 0.3) is 0 Å². The van der Waals surface area contributed by atoms with E-state index in [1.807, 2.05) is 18.2 Å². The monoisotopic (exact) mass is 181 g/mol.